The highest BCUT2D eigenvalue weighted by Gasteiger charge is 2.27. The number of amides is 1. The quantitative estimate of drug-likeness (QED) is 0.629. The molecule has 1 heterocycles. The van der Waals surface area contributed by atoms with Crippen molar-refractivity contribution in [3.05, 3.63) is 51.5 Å². The molecule has 0 bridgehead atoms. The lowest BCUT2D eigenvalue weighted by Gasteiger charge is -2.20. The largest absolute Gasteiger partial charge is 0.493 e. The van der Waals surface area contributed by atoms with Gasteiger partial charge in [0.25, 0.3) is 5.91 Å². The van der Waals surface area contributed by atoms with Crippen molar-refractivity contribution < 1.29 is 19.0 Å². The lowest BCUT2D eigenvalue weighted by Crippen LogP contribution is -2.32. The van der Waals surface area contributed by atoms with Crippen LogP contribution in [0.5, 0.6) is 17.2 Å². The lowest BCUT2D eigenvalue weighted by molar-refractivity contribution is 0.0860. The number of aliphatic imine (C=N–C) groups is 1. The first-order valence-electron chi connectivity index (χ1n) is 8.71. The number of ether oxygens (including phenoxy) is 3. The molecule has 0 atom stereocenters. The van der Waals surface area contributed by atoms with Gasteiger partial charge >= 0.3 is 0 Å². The number of halogens is 2. The molecule has 6 nitrogen and oxygen atoms in total. The SMILES string of the molecule is COc1cc(C(=O)N2CCN=C2SCc2ccc(Cl)cc2Cl)cc(OC)c1OC. The standard InChI is InChI=1S/C20H20Cl2N2O4S/c1-26-16-8-13(9-17(27-2)18(16)28-3)19(25)24-7-6-23-20(24)29-11-12-4-5-14(21)10-15(12)22/h4-5,8-10H,6-7,11H2,1-3H3. The minimum absolute atomic E-state index is 0.185. The van der Waals surface area contributed by atoms with E-state index in [0.29, 0.717) is 56.9 Å². The number of nitrogens with zero attached hydrogens (tertiary/aromatic N) is 2. The van der Waals surface area contributed by atoms with Crippen molar-refractivity contribution >= 4 is 46.0 Å². The average molecular weight is 455 g/mol. The topological polar surface area (TPSA) is 60.4 Å². The molecule has 2 aromatic rings. The molecule has 1 amide bonds. The van der Waals surface area contributed by atoms with E-state index in [-0.39, 0.29) is 5.91 Å². The number of rotatable bonds is 6. The van der Waals surface area contributed by atoms with Gasteiger partial charge in [-0.25, -0.2) is 0 Å². The van der Waals surface area contributed by atoms with Crippen molar-refractivity contribution in [2.45, 2.75) is 5.75 Å². The molecule has 1 aliphatic heterocycles. The number of carbonyl (C=O) groups is 1. The summed E-state index contributed by atoms with van der Waals surface area (Å²) in [5.74, 6) is 1.68. The Labute approximate surface area is 183 Å². The summed E-state index contributed by atoms with van der Waals surface area (Å²) >= 11 is 13.7. The molecule has 0 unspecified atom stereocenters. The van der Waals surface area contributed by atoms with Crippen LogP contribution in [0, 0.1) is 0 Å². The van der Waals surface area contributed by atoms with Gasteiger partial charge in [-0.3, -0.25) is 14.7 Å². The van der Waals surface area contributed by atoms with E-state index in [2.05, 4.69) is 4.99 Å². The number of benzene rings is 2. The Hall–Kier alpha value is -2.09. The maximum absolute atomic E-state index is 13.2. The zero-order chi connectivity index (χ0) is 21.0. The van der Waals surface area contributed by atoms with Gasteiger partial charge in [0, 0.05) is 27.9 Å². The molecule has 0 saturated heterocycles. The fourth-order valence-electron chi connectivity index (χ4n) is 2.88. The Kier molecular flexibility index (Phi) is 7.16. The van der Waals surface area contributed by atoms with Gasteiger partial charge in [-0.05, 0) is 29.8 Å². The zero-order valence-corrected chi connectivity index (χ0v) is 18.5. The van der Waals surface area contributed by atoms with Crippen LogP contribution in [0.15, 0.2) is 35.3 Å². The first kappa shape index (κ1) is 21.6. The second kappa shape index (κ2) is 9.61. The van der Waals surface area contributed by atoms with E-state index in [1.807, 2.05) is 6.07 Å². The minimum Gasteiger partial charge on any atom is -0.493 e. The van der Waals surface area contributed by atoms with Gasteiger partial charge in [0.05, 0.1) is 27.9 Å². The molecule has 0 spiro atoms. The molecule has 0 aliphatic carbocycles. The Balaban J connectivity index is 1.79. The summed E-state index contributed by atoms with van der Waals surface area (Å²) in [7, 11) is 4.55. The monoisotopic (exact) mass is 454 g/mol. The van der Waals surface area contributed by atoms with E-state index in [1.54, 1.807) is 29.2 Å². The maximum atomic E-state index is 13.2. The predicted molar refractivity (Wildman–Crippen MR) is 117 cm³/mol. The third kappa shape index (κ3) is 4.74. The third-order valence-corrected chi connectivity index (χ3v) is 5.98. The molecule has 0 N–H and O–H groups in total. The van der Waals surface area contributed by atoms with Gasteiger partial charge in [-0.15, -0.1) is 0 Å². The highest BCUT2D eigenvalue weighted by atomic mass is 35.5. The van der Waals surface area contributed by atoms with Crippen LogP contribution in [-0.2, 0) is 5.75 Å². The normalized spacial score (nSPS) is 13.3. The maximum Gasteiger partial charge on any atom is 0.260 e. The second-order valence-electron chi connectivity index (χ2n) is 6.06. The Bertz CT molecular complexity index is 927. The molecule has 0 saturated carbocycles. The first-order valence-corrected chi connectivity index (χ1v) is 10.5. The highest BCUT2D eigenvalue weighted by Crippen LogP contribution is 2.39. The van der Waals surface area contributed by atoms with Crippen LogP contribution >= 0.6 is 35.0 Å². The predicted octanol–water partition coefficient (Wildman–Crippen LogP) is 4.76. The van der Waals surface area contributed by atoms with Gasteiger partial charge in [-0.1, -0.05) is 41.0 Å². The van der Waals surface area contributed by atoms with Crippen molar-refractivity contribution in [3.63, 3.8) is 0 Å². The molecule has 2 aromatic carbocycles. The molecule has 9 heteroatoms. The van der Waals surface area contributed by atoms with Crippen molar-refractivity contribution in [1.29, 1.82) is 0 Å². The smallest absolute Gasteiger partial charge is 0.260 e. The summed E-state index contributed by atoms with van der Waals surface area (Å²) < 4.78 is 16.0. The molecule has 0 fully saturated rings. The van der Waals surface area contributed by atoms with E-state index < -0.39 is 0 Å². The summed E-state index contributed by atoms with van der Waals surface area (Å²) in [5.41, 5.74) is 1.36. The summed E-state index contributed by atoms with van der Waals surface area (Å²) in [6.45, 7) is 1.05. The second-order valence-corrected chi connectivity index (χ2v) is 7.85. The van der Waals surface area contributed by atoms with E-state index >= 15 is 0 Å². The van der Waals surface area contributed by atoms with Crippen LogP contribution in [0.3, 0.4) is 0 Å². The van der Waals surface area contributed by atoms with Crippen LogP contribution in [0.2, 0.25) is 10.0 Å². The fourth-order valence-corrected chi connectivity index (χ4v) is 4.48. The Morgan fingerprint density at radius 1 is 1.10 bits per heavy atom. The van der Waals surface area contributed by atoms with Crippen LogP contribution in [-0.4, -0.2) is 50.4 Å². The summed E-state index contributed by atoms with van der Waals surface area (Å²) in [4.78, 5) is 19.3. The molecule has 1 aliphatic rings. The summed E-state index contributed by atoms with van der Waals surface area (Å²) in [6, 6.07) is 8.65. The van der Waals surface area contributed by atoms with Crippen LogP contribution in [0.1, 0.15) is 15.9 Å². The number of methoxy groups -OCH3 is 3. The summed E-state index contributed by atoms with van der Waals surface area (Å²) in [5, 5.41) is 1.82. The zero-order valence-electron chi connectivity index (χ0n) is 16.2. The molecule has 29 heavy (non-hydrogen) atoms. The third-order valence-electron chi connectivity index (χ3n) is 4.33. The molecular formula is C20H20Cl2N2O4S. The van der Waals surface area contributed by atoms with Crippen LogP contribution < -0.4 is 14.2 Å². The average Bonchev–Trinajstić information content (AvgIpc) is 3.19. The number of amidine groups is 1. The molecule has 0 radical (unpaired) electrons. The number of carbonyl (C=O) groups excluding carboxylic acids is 1. The van der Waals surface area contributed by atoms with Gasteiger partial charge in [0.1, 0.15) is 0 Å². The van der Waals surface area contributed by atoms with E-state index in [0.717, 1.165) is 5.56 Å². The minimum atomic E-state index is -0.185. The number of thioether (sulfide) groups is 1. The molecule has 0 aromatic heterocycles. The van der Waals surface area contributed by atoms with Gasteiger partial charge in [0.15, 0.2) is 16.7 Å². The molecule has 154 valence electrons. The van der Waals surface area contributed by atoms with Gasteiger partial charge < -0.3 is 14.2 Å². The van der Waals surface area contributed by atoms with Gasteiger partial charge in [0.2, 0.25) is 5.75 Å². The molecule has 3 rings (SSSR count). The Morgan fingerprint density at radius 2 is 1.79 bits per heavy atom. The van der Waals surface area contributed by atoms with E-state index in [9.17, 15) is 4.79 Å². The van der Waals surface area contributed by atoms with Crippen molar-refractivity contribution in [2.75, 3.05) is 34.4 Å². The van der Waals surface area contributed by atoms with Crippen molar-refractivity contribution in [2.24, 2.45) is 4.99 Å². The van der Waals surface area contributed by atoms with Crippen LogP contribution in [0.4, 0.5) is 0 Å². The van der Waals surface area contributed by atoms with Crippen molar-refractivity contribution in [1.82, 2.24) is 4.90 Å². The number of hydrogen-bond acceptors (Lipinski definition) is 6. The fraction of sp³-hybridized carbons (Fsp3) is 0.300. The van der Waals surface area contributed by atoms with E-state index in [4.69, 9.17) is 37.4 Å². The van der Waals surface area contributed by atoms with E-state index in [1.165, 1.54) is 33.1 Å². The number of hydrogen-bond donors (Lipinski definition) is 0. The highest BCUT2D eigenvalue weighted by molar-refractivity contribution is 8.13. The van der Waals surface area contributed by atoms with Gasteiger partial charge in [-0.2, -0.15) is 0 Å². The van der Waals surface area contributed by atoms with Crippen molar-refractivity contribution in [3.8, 4) is 17.2 Å². The molecular weight excluding hydrogens is 435 g/mol. The van der Waals surface area contributed by atoms with Crippen LogP contribution in [0.25, 0.3) is 0 Å². The lowest BCUT2D eigenvalue weighted by atomic mass is 10.1. The summed E-state index contributed by atoms with van der Waals surface area (Å²) in [6.07, 6.45) is 0. The first-order chi connectivity index (χ1) is 14.0. The Morgan fingerprint density at radius 3 is 2.38 bits per heavy atom.